The van der Waals surface area contributed by atoms with Gasteiger partial charge in [0.15, 0.2) is 5.82 Å². The Bertz CT molecular complexity index is 837. The zero-order chi connectivity index (χ0) is 17.1. The number of carbonyl (C=O) groups is 1. The highest BCUT2D eigenvalue weighted by Gasteiger charge is 2.17. The highest BCUT2D eigenvalue weighted by atomic mass is 16.3. The summed E-state index contributed by atoms with van der Waals surface area (Å²) < 4.78 is 6.95. The Morgan fingerprint density at radius 1 is 1.25 bits per heavy atom. The van der Waals surface area contributed by atoms with E-state index < -0.39 is 0 Å². The number of nitrogens with zero attached hydrogens (tertiary/aromatic N) is 3. The summed E-state index contributed by atoms with van der Waals surface area (Å²) in [7, 11) is 0. The van der Waals surface area contributed by atoms with Crippen molar-refractivity contribution in [3.05, 3.63) is 59.8 Å². The molecule has 124 valence electrons. The summed E-state index contributed by atoms with van der Waals surface area (Å²) in [5.41, 5.74) is 2.07. The normalized spacial score (nSPS) is 12.1. The second kappa shape index (κ2) is 6.70. The molecule has 1 N–H and O–H groups in total. The first-order valence-electron chi connectivity index (χ1n) is 7.85. The van der Waals surface area contributed by atoms with E-state index in [4.69, 9.17) is 4.42 Å². The summed E-state index contributed by atoms with van der Waals surface area (Å²) in [6.45, 7) is 5.82. The van der Waals surface area contributed by atoms with Crippen LogP contribution in [0.1, 0.15) is 30.1 Å². The molecule has 1 amide bonds. The van der Waals surface area contributed by atoms with Crippen LogP contribution in [0, 0.1) is 13.8 Å². The van der Waals surface area contributed by atoms with Crippen LogP contribution in [0.5, 0.6) is 0 Å². The number of rotatable bonds is 5. The average molecular weight is 324 g/mol. The van der Waals surface area contributed by atoms with Gasteiger partial charge in [-0.3, -0.25) is 4.79 Å². The van der Waals surface area contributed by atoms with Crippen LogP contribution in [-0.4, -0.2) is 20.7 Å². The van der Waals surface area contributed by atoms with Crippen LogP contribution in [-0.2, 0) is 11.3 Å². The minimum absolute atomic E-state index is 0.107. The average Bonchev–Trinajstić information content (AvgIpc) is 3.17. The zero-order valence-corrected chi connectivity index (χ0v) is 14.0. The van der Waals surface area contributed by atoms with Crippen LogP contribution in [0.4, 0.5) is 0 Å². The lowest BCUT2D eigenvalue weighted by molar-refractivity contribution is -0.122. The van der Waals surface area contributed by atoms with Gasteiger partial charge in [0.25, 0.3) is 0 Å². The third-order valence-electron chi connectivity index (χ3n) is 3.80. The molecule has 2 aromatic heterocycles. The van der Waals surface area contributed by atoms with Crippen molar-refractivity contribution in [3.63, 3.8) is 0 Å². The Balaban J connectivity index is 1.78. The molecular formula is C18H20N4O2. The number of hydrogen-bond donors (Lipinski definition) is 1. The number of hydrogen-bond acceptors (Lipinski definition) is 4. The number of nitrogens with one attached hydrogen (secondary N) is 1. The molecule has 0 aliphatic rings. The van der Waals surface area contributed by atoms with Gasteiger partial charge in [0.05, 0.1) is 12.3 Å². The van der Waals surface area contributed by atoms with Gasteiger partial charge in [-0.15, -0.1) is 0 Å². The minimum Gasteiger partial charge on any atom is -0.467 e. The lowest BCUT2D eigenvalue weighted by Gasteiger charge is -2.12. The van der Waals surface area contributed by atoms with Crippen LogP contribution < -0.4 is 5.32 Å². The van der Waals surface area contributed by atoms with E-state index in [1.54, 1.807) is 17.0 Å². The van der Waals surface area contributed by atoms with Gasteiger partial charge in [0.1, 0.15) is 18.1 Å². The SMILES string of the molecule is Cc1nc(-c2ccccc2C)n(CC(=O)N[C@@H](C)c2ccco2)n1. The molecule has 0 spiro atoms. The van der Waals surface area contributed by atoms with Gasteiger partial charge >= 0.3 is 0 Å². The number of amides is 1. The monoisotopic (exact) mass is 324 g/mol. The van der Waals surface area contributed by atoms with Crippen molar-refractivity contribution in [1.82, 2.24) is 20.1 Å². The third-order valence-corrected chi connectivity index (χ3v) is 3.80. The van der Waals surface area contributed by atoms with Crippen molar-refractivity contribution >= 4 is 5.91 Å². The fraction of sp³-hybridized carbons (Fsp3) is 0.278. The Hall–Kier alpha value is -2.89. The van der Waals surface area contributed by atoms with Crippen molar-refractivity contribution in [3.8, 4) is 11.4 Å². The number of aryl methyl sites for hydroxylation is 2. The number of benzene rings is 1. The molecular weight excluding hydrogens is 304 g/mol. The van der Waals surface area contributed by atoms with E-state index in [9.17, 15) is 4.79 Å². The van der Waals surface area contributed by atoms with Crippen molar-refractivity contribution in [2.24, 2.45) is 0 Å². The molecule has 0 radical (unpaired) electrons. The Morgan fingerprint density at radius 2 is 2.04 bits per heavy atom. The lowest BCUT2D eigenvalue weighted by Crippen LogP contribution is -2.30. The maximum absolute atomic E-state index is 12.4. The molecule has 0 aliphatic heterocycles. The third kappa shape index (κ3) is 3.37. The largest absolute Gasteiger partial charge is 0.467 e. The van der Waals surface area contributed by atoms with Gasteiger partial charge in [0.2, 0.25) is 5.91 Å². The second-order valence-electron chi connectivity index (χ2n) is 5.76. The predicted molar refractivity (Wildman–Crippen MR) is 90.2 cm³/mol. The lowest BCUT2D eigenvalue weighted by atomic mass is 10.1. The van der Waals surface area contributed by atoms with Crippen LogP contribution in [0.2, 0.25) is 0 Å². The zero-order valence-electron chi connectivity index (χ0n) is 14.0. The van der Waals surface area contributed by atoms with Gasteiger partial charge in [-0.2, -0.15) is 5.10 Å². The number of aromatic nitrogens is 3. The molecule has 0 saturated heterocycles. The number of furan rings is 1. The van der Waals surface area contributed by atoms with Crippen LogP contribution in [0.3, 0.4) is 0 Å². The van der Waals surface area contributed by atoms with Gasteiger partial charge in [0, 0.05) is 5.56 Å². The van der Waals surface area contributed by atoms with Gasteiger partial charge in [-0.1, -0.05) is 24.3 Å². The van der Waals surface area contributed by atoms with E-state index in [-0.39, 0.29) is 18.5 Å². The Morgan fingerprint density at radius 3 is 2.75 bits per heavy atom. The standard InChI is InChI=1S/C18H20N4O2/c1-12-7-4-5-8-15(12)18-20-14(3)21-22(18)11-17(23)19-13(2)16-9-6-10-24-16/h4-10,13H,11H2,1-3H3,(H,19,23)/t13-/m0/s1. The second-order valence-corrected chi connectivity index (χ2v) is 5.76. The summed E-state index contributed by atoms with van der Waals surface area (Å²) in [6, 6.07) is 11.4. The predicted octanol–water partition coefficient (Wildman–Crippen LogP) is 3.03. The maximum Gasteiger partial charge on any atom is 0.242 e. The van der Waals surface area contributed by atoms with Gasteiger partial charge in [-0.05, 0) is 38.5 Å². The van der Waals surface area contributed by atoms with Crippen LogP contribution >= 0.6 is 0 Å². The summed E-state index contributed by atoms with van der Waals surface area (Å²) >= 11 is 0. The first kappa shape index (κ1) is 16.0. The molecule has 0 unspecified atom stereocenters. The molecule has 2 heterocycles. The molecule has 24 heavy (non-hydrogen) atoms. The van der Waals surface area contributed by atoms with E-state index in [2.05, 4.69) is 15.4 Å². The first-order chi connectivity index (χ1) is 11.5. The molecule has 6 heteroatoms. The molecule has 1 aromatic carbocycles. The molecule has 1 atom stereocenters. The Kier molecular flexibility index (Phi) is 4.46. The van der Waals surface area contributed by atoms with Crippen molar-refractivity contribution < 1.29 is 9.21 Å². The topological polar surface area (TPSA) is 73.0 Å². The molecule has 0 aliphatic carbocycles. The van der Waals surface area contributed by atoms with Crippen LogP contribution in [0.25, 0.3) is 11.4 Å². The summed E-state index contributed by atoms with van der Waals surface area (Å²) in [5.74, 6) is 1.92. The maximum atomic E-state index is 12.4. The van der Waals surface area contributed by atoms with E-state index >= 15 is 0 Å². The highest BCUT2D eigenvalue weighted by Crippen LogP contribution is 2.21. The molecule has 3 rings (SSSR count). The van der Waals surface area contributed by atoms with Crippen LogP contribution in [0.15, 0.2) is 47.1 Å². The summed E-state index contributed by atoms with van der Waals surface area (Å²) in [4.78, 5) is 16.8. The van der Waals surface area contributed by atoms with Crippen molar-refractivity contribution in [2.45, 2.75) is 33.4 Å². The van der Waals surface area contributed by atoms with Crippen molar-refractivity contribution in [2.75, 3.05) is 0 Å². The van der Waals surface area contributed by atoms with E-state index in [1.807, 2.05) is 51.1 Å². The smallest absolute Gasteiger partial charge is 0.242 e. The minimum atomic E-state index is -0.195. The fourth-order valence-electron chi connectivity index (χ4n) is 2.62. The van der Waals surface area contributed by atoms with E-state index in [1.165, 1.54) is 0 Å². The molecule has 0 fully saturated rings. The molecule has 0 bridgehead atoms. The molecule has 3 aromatic rings. The highest BCUT2D eigenvalue weighted by molar-refractivity contribution is 5.76. The van der Waals surface area contributed by atoms with Crippen molar-refractivity contribution in [1.29, 1.82) is 0 Å². The number of carbonyl (C=O) groups excluding carboxylic acids is 1. The quantitative estimate of drug-likeness (QED) is 0.783. The van der Waals surface area contributed by atoms with Gasteiger partial charge < -0.3 is 9.73 Å². The molecule has 6 nitrogen and oxygen atoms in total. The van der Waals surface area contributed by atoms with E-state index in [0.29, 0.717) is 11.6 Å². The summed E-state index contributed by atoms with van der Waals surface area (Å²) in [5, 5.41) is 7.27. The Labute approximate surface area is 140 Å². The summed E-state index contributed by atoms with van der Waals surface area (Å²) in [6.07, 6.45) is 1.59. The fourth-order valence-corrected chi connectivity index (χ4v) is 2.62. The van der Waals surface area contributed by atoms with Gasteiger partial charge in [-0.25, -0.2) is 9.67 Å². The van der Waals surface area contributed by atoms with E-state index in [0.717, 1.165) is 16.9 Å². The first-order valence-corrected chi connectivity index (χ1v) is 7.85. The molecule has 0 saturated carbocycles.